The number of carbonyl (C=O) groups is 2. The van der Waals surface area contributed by atoms with E-state index in [-0.39, 0.29) is 11.9 Å². The van der Waals surface area contributed by atoms with Crippen molar-refractivity contribution < 1.29 is 13.8 Å². The summed E-state index contributed by atoms with van der Waals surface area (Å²) in [7, 11) is -0.850. The van der Waals surface area contributed by atoms with E-state index < -0.39 is 16.8 Å². The summed E-state index contributed by atoms with van der Waals surface area (Å²) >= 11 is 6.07. The highest BCUT2D eigenvalue weighted by Crippen LogP contribution is 2.23. The number of likely N-dealkylation sites (tertiary alicyclic amines) is 1. The molecule has 7 nitrogen and oxygen atoms in total. The number of halogens is 1. The van der Waals surface area contributed by atoms with Gasteiger partial charge in [-0.15, -0.1) is 0 Å². The van der Waals surface area contributed by atoms with E-state index in [9.17, 15) is 13.8 Å². The number of benzene rings is 1. The summed E-state index contributed by atoms with van der Waals surface area (Å²) in [5.41, 5.74) is 1.85. The molecule has 0 spiro atoms. The van der Waals surface area contributed by atoms with Gasteiger partial charge in [-0.05, 0) is 62.4 Å². The lowest BCUT2D eigenvalue weighted by atomic mass is 10.0. The van der Waals surface area contributed by atoms with Gasteiger partial charge in [0.05, 0.1) is 0 Å². The molecule has 3 rings (SSSR count). The van der Waals surface area contributed by atoms with Crippen LogP contribution in [0.2, 0.25) is 5.02 Å². The Kier molecular flexibility index (Phi) is 8.99. The maximum atomic E-state index is 13.3. The second kappa shape index (κ2) is 11.7. The third-order valence-corrected chi connectivity index (χ3v) is 7.36. The number of nitrogens with one attached hydrogen (secondary N) is 2. The van der Waals surface area contributed by atoms with E-state index in [2.05, 4.69) is 17.6 Å². The van der Waals surface area contributed by atoms with Crippen molar-refractivity contribution in [3.05, 3.63) is 40.7 Å². The molecule has 0 saturated carbocycles. The van der Waals surface area contributed by atoms with Crippen LogP contribution in [0.1, 0.15) is 44.6 Å². The van der Waals surface area contributed by atoms with Crippen LogP contribution in [0.15, 0.2) is 30.1 Å². The van der Waals surface area contributed by atoms with Gasteiger partial charge in [-0.25, -0.2) is 4.79 Å². The van der Waals surface area contributed by atoms with Crippen LogP contribution in [-0.4, -0.2) is 63.1 Å². The van der Waals surface area contributed by atoms with Gasteiger partial charge in [0.2, 0.25) is 5.91 Å². The lowest BCUT2D eigenvalue weighted by Crippen LogP contribution is -2.57. The number of hydrogen-bond donors (Lipinski definition) is 2. The van der Waals surface area contributed by atoms with Crippen LogP contribution >= 0.6 is 11.6 Å². The molecule has 176 valence electrons. The number of rotatable bonds is 6. The van der Waals surface area contributed by atoms with Crippen LogP contribution in [0, 0.1) is 6.92 Å². The molecular formula is C23H33ClN4O3S. The van der Waals surface area contributed by atoms with Gasteiger partial charge in [-0.2, -0.15) is 0 Å². The molecule has 0 aliphatic carbocycles. The summed E-state index contributed by atoms with van der Waals surface area (Å²) in [6.07, 6.45) is 6.16. The molecule has 2 heterocycles. The SMILES string of the molecule is CCC/C=C(\NC(=O)C1CCCCN1C(=O)N1CCS(=O)CC1)Nc1ccc(Cl)cc1C. The zero-order chi connectivity index (χ0) is 23.1. The van der Waals surface area contributed by atoms with E-state index in [0.717, 1.165) is 36.9 Å². The summed E-state index contributed by atoms with van der Waals surface area (Å²) in [5.74, 6) is 1.45. The summed E-state index contributed by atoms with van der Waals surface area (Å²) < 4.78 is 11.7. The molecule has 2 aliphatic heterocycles. The van der Waals surface area contributed by atoms with Gasteiger partial charge < -0.3 is 20.4 Å². The number of amides is 3. The Bertz CT molecular complexity index is 882. The van der Waals surface area contributed by atoms with Gasteiger partial charge in [-0.1, -0.05) is 24.9 Å². The predicted octanol–water partition coefficient (Wildman–Crippen LogP) is 3.86. The summed E-state index contributed by atoms with van der Waals surface area (Å²) in [6, 6.07) is 4.93. The van der Waals surface area contributed by atoms with Crippen molar-refractivity contribution in [1.82, 2.24) is 15.1 Å². The van der Waals surface area contributed by atoms with Crippen molar-refractivity contribution in [2.75, 3.05) is 36.5 Å². The number of unbranched alkanes of at least 4 members (excludes halogenated alkanes) is 1. The Balaban J connectivity index is 1.71. The number of nitrogens with zero attached hydrogens (tertiary/aromatic N) is 2. The van der Waals surface area contributed by atoms with Crippen LogP contribution in [0.5, 0.6) is 0 Å². The van der Waals surface area contributed by atoms with Crippen molar-refractivity contribution in [2.45, 2.75) is 52.0 Å². The molecule has 9 heteroatoms. The largest absolute Gasteiger partial charge is 0.342 e. The molecule has 1 aromatic rings. The smallest absolute Gasteiger partial charge is 0.320 e. The number of hydrogen-bond acceptors (Lipinski definition) is 4. The minimum atomic E-state index is -0.850. The van der Waals surface area contributed by atoms with E-state index in [1.54, 1.807) is 9.80 Å². The molecule has 2 saturated heterocycles. The first-order chi connectivity index (χ1) is 15.4. The highest BCUT2D eigenvalue weighted by molar-refractivity contribution is 7.85. The first kappa shape index (κ1) is 24.6. The average molecular weight is 481 g/mol. The number of carbonyl (C=O) groups excluding carboxylic acids is 2. The number of anilines is 1. The van der Waals surface area contributed by atoms with E-state index in [1.807, 2.05) is 31.2 Å². The highest BCUT2D eigenvalue weighted by Gasteiger charge is 2.35. The minimum absolute atomic E-state index is 0.123. The van der Waals surface area contributed by atoms with Crippen molar-refractivity contribution in [3.8, 4) is 0 Å². The number of allylic oxidation sites excluding steroid dienone is 1. The maximum absolute atomic E-state index is 13.3. The second-order valence-electron chi connectivity index (χ2n) is 8.30. The highest BCUT2D eigenvalue weighted by atomic mass is 35.5. The second-order valence-corrected chi connectivity index (χ2v) is 10.4. The first-order valence-corrected chi connectivity index (χ1v) is 13.2. The molecule has 2 aliphatic rings. The quantitative estimate of drug-likeness (QED) is 0.647. The summed E-state index contributed by atoms with van der Waals surface area (Å²) in [4.78, 5) is 29.8. The van der Waals surface area contributed by atoms with Crippen LogP contribution in [0.25, 0.3) is 0 Å². The topological polar surface area (TPSA) is 81.8 Å². The normalized spacial score (nSPS) is 20.2. The molecule has 1 atom stereocenters. The maximum Gasteiger partial charge on any atom is 0.320 e. The van der Waals surface area contributed by atoms with Gasteiger partial charge in [0, 0.05) is 52.6 Å². The number of piperidine rings is 1. The van der Waals surface area contributed by atoms with Crippen molar-refractivity contribution in [3.63, 3.8) is 0 Å². The molecule has 32 heavy (non-hydrogen) atoms. The molecule has 0 aromatic heterocycles. The number of urea groups is 1. The fourth-order valence-corrected chi connectivity index (χ4v) is 5.27. The van der Waals surface area contributed by atoms with Crippen molar-refractivity contribution in [2.24, 2.45) is 0 Å². The molecule has 1 aromatic carbocycles. The zero-order valence-corrected chi connectivity index (χ0v) is 20.4. The fraction of sp³-hybridized carbons (Fsp3) is 0.565. The van der Waals surface area contributed by atoms with Crippen molar-refractivity contribution >= 4 is 40.0 Å². The third-order valence-electron chi connectivity index (χ3n) is 5.85. The lowest BCUT2D eigenvalue weighted by Gasteiger charge is -2.39. The Labute approximate surface area is 198 Å². The number of aryl methyl sites for hydroxylation is 1. The van der Waals surface area contributed by atoms with E-state index in [1.165, 1.54) is 0 Å². The van der Waals surface area contributed by atoms with E-state index in [0.29, 0.717) is 48.4 Å². The van der Waals surface area contributed by atoms with Gasteiger partial charge in [-0.3, -0.25) is 9.00 Å². The van der Waals surface area contributed by atoms with Gasteiger partial charge in [0.25, 0.3) is 0 Å². The van der Waals surface area contributed by atoms with Crippen LogP contribution in [0.4, 0.5) is 10.5 Å². The molecule has 2 fully saturated rings. The fourth-order valence-electron chi connectivity index (χ4n) is 3.99. The first-order valence-electron chi connectivity index (χ1n) is 11.3. The van der Waals surface area contributed by atoms with Crippen LogP contribution < -0.4 is 10.6 Å². The Morgan fingerprint density at radius 3 is 2.66 bits per heavy atom. The lowest BCUT2D eigenvalue weighted by molar-refractivity contribution is -0.125. The monoisotopic (exact) mass is 480 g/mol. The van der Waals surface area contributed by atoms with Gasteiger partial charge in [0.15, 0.2) is 0 Å². The van der Waals surface area contributed by atoms with Crippen LogP contribution in [0.3, 0.4) is 0 Å². The Morgan fingerprint density at radius 2 is 1.97 bits per heavy atom. The van der Waals surface area contributed by atoms with Crippen LogP contribution in [-0.2, 0) is 15.6 Å². The Morgan fingerprint density at radius 1 is 1.22 bits per heavy atom. The van der Waals surface area contributed by atoms with Crippen molar-refractivity contribution in [1.29, 1.82) is 0 Å². The molecular weight excluding hydrogens is 448 g/mol. The minimum Gasteiger partial charge on any atom is -0.342 e. The van der Waals surface area contributed by atoms with E-state index >= 15 is 0 Å². The summed E-state index contributed by atoms with van der Waals surface area (Å²) in [6.45, 7) is 5.57. The molecule has 1 unspecified atom stereocenters. The third kappa shape index (κ3) is 6.48. The standard InChI is InChI=1S/C23H33ClN4O3S/c1-3-4-8-21(25-19-10-9-18(24)16-17(19)2)26-22(29)20-7-5-6-11-28(20)23(30)27-12-14-32(31)15-13-27/h8-10,16,20,25H,3-7,11-15H2,1-2H3,(H,26,29)/b21-8-. The molecule has 0 bridgehead atoms. The average Bonchev–Trinajstić information content (AvgIpc) is 2.79. The predicted molar refractivity (Wildman–Crippen MR) is 130 cm³/mol. The molecule has 0 radical (unpaired) electrons. The van der Waals surface area contributed by atoms with Gasteiger partial charge in [0.1, 0.15) is 11.9 Å². The molecule has 3 amide bonds. The summed E-state index contributed by atoms with van der Waals surface area (Å²) in [5, 5.41) is 7.00. The Hall–Kier alpha value is -2.06. The van der Waals surface area contributed by atoms with Gasteiger partial charge >= 0.3 is 6.03 Å². The zero-order valence-electron chi connectivity index (χ0n) is 18.9. The van der Waals surface area contributed by atoms with E-state index in [4.69, 9.17) is 11.6 Å². The molecule has 2 N–H and O–H groups in total.